The van der Waals surface area contributed by atoms with Gasteiger partial charge in [-0.1, -0.05) is 24.2 Å². The van der Waals surface area contributed by atoms with Crippen molar-refractivity contribution in [3.63, 3.8) is 0 Å². The molecular formula is C14H19N5OS. The predicted molar refractivity (Wildman–Crippen MR) is 79.5 cm³/mol. The van der Waals surface area contributed by atoms with Crippen molar-refractivity contribution in [2.45, 2.75) is 50.9 Å². The van der Waals surface area contributed by atoms with Gasteiger partial charge in [0, 0.05) is 31.3 Å². The van der Waals surface area contributed by atoms with Crippen molar-refractivity contribution in [2.24, 2.45) is 0 Å². The Morgan fingerprint density at radius 1 is 1.24 bits per heavy atom. The van der Waals surface area contributed by atoms with Crippen molar-refractivity contribution in [2.75, 3.05) is 13.1 Å². The van der Waals surface area contributed by atoms with Crippen LogP contribution < -0.4 is 0 Å². The average Bonchev–Trinajstić information content (AvgIpc) is 3.21. The lowest BCUT2D eigenvalue weighted by molar-refractivity contribution is -0.127. The predicted octanol–water partition coefficient (Wildman–Crippen LogP) is 2.18. The van der Waals surface area contributed by atoms with Crippen LogP contribution in [0.25, 0.3) is 4.96 Å². The highest BCUT2D eigenvalue weighted by atomic mass is 32.1. The van der Waals surface area contributed by atoms with E-state index in [2.05, 4.69) is 10.2 Å². The number of aromatic nitrogens is 4. The molecule has 1 aliphatic carbocycles. The van der Waals surface area contributed by atoms with E-state index in [9.17, 15) is 4.79 Å². The number of nitrogens with zero attached hydrogens (tertiary/aromatic N) is 5. The van der Waals surface area contributed by atoms with Crippen LogP contribution in [-0.4, -0.2) is 43.7 Å². The Labute approximate surface area is 127 Å². The summed E-state index contributed by atoms with van der Waals surface area (Å²) in [7, 11) is 0. The fourth-order valence-electron chi connectivity index (χ4n) is 3.49. The smallest absolute Gasteiger partial charge is 0.234 e. The summed E-state index contributed by atoms with van der Waals surface area (Å²) in [6, 6.07) is 0. The topological polar surface area (TPSA) is 63.4 Å². The molecule has 0 unspecified atom stereocenters. The Balaban J connectivity index is 1.64. The molecule has 2 aromatic heterocycles. The number of likely N-dealkylation sites (tertiary alicyclic amines) is 1. The molecule has 1 saturated carbocycles. The van der Waals surface area contributed by atoms with Gasteiger partial charge in [0.05, 0.1) is 0 Å². The van der Waals surface area contributed by atoms with Gasteiger partial charge in [-0.2, -0.15) is 9.61 Å². The first kappa shape index (κ1) is 13.2. The summed E-state index contributed by atoms with van der Waals surface area (Å²) >= 11 is 1.59. The molecule has 2 aliphatic rings. The van der Waals surface area contributed by atoms with Gasteiger partial charge >= 0.3 is 0 Å². The third-order valence-corrected chi connectivity index (χ3v) is 5.76. The third kappa shape index (κ3) is 2.14. The SMILES string of the molecule is CCN1C[C@@H](c2nn3c(C4CCCC4)nnc3s2)CC1=O. The van der Waals surface area contributed by atoms with E-state index in [-0.39, 0.29) is 11.8 Å². The van der Waals surface area contributed by atoms with E-state index >= 15 is 0 Å². The second-order valence-electron chi connectivity index (χ2n) is 6.01. The van der Waals surface area contributed by atoms with Crippen LogP contribution in [0.4, 0.5) is 0 Å². The zero-order valence-corrected chi connectivity index (χ0v) is 13.0. The van der Waals surface area contributed by atoms with Crippen LogP contribution in [0.5, 0.6) is 0 Å². The lowest BCUT2D eigenvalue weighted by atomic mass is 10.1. The number of hydrogen-bond acceptors (Lipinski definition) is 5. The average molecular weight is 305 g/mol. The fourth-order valence-corrected chi connectivity index (χ4v) is 4.43. The Bertz CT molecular complexity index is 672. The van der Waals surface area contributed by atoms with Crippen molar-refractivity contribution in [3.8, 4) is 0 Å². The molecule has 112 valence electrons. The largest absolute Gasteiger partial charge is 0.342 e. The molecule has 7 heteroatoms. The van der Waals surface area contributed by atoms with Crippen LogP contribution in [-0.2, 0) is 4.79 Å². The van der Waals surface area contributed by atoms with Crippen LogP contribution in [0.15, 0.2) is 0 Å². The maximum absolute atomic E-state index is 11.9. The normalized spacial score (nSPS) is 23.8. The maximum Gasteiger partial charge on any atom is 0.234 e. The van der Waals surface area contributed by atoms with E-state index in [1.807, 2.05) is 16.3 Å². The first-order chi connectivity index (χ1) is 10.3. The minimum Gasteiger partial charge on any atom is -0.342 e. The van der Waals surface area contributed by atoms with E-state index in [0.717, 1.165) is 28.9 Å². The Kier molecular flexibility index (Phi) is 3.17. The molecule has 3 heterocycles. The summed E-state index contributed by atoms with van der Waals surface area (Å²) in [5.41, 5.74) is 0. The summed E-state index contributed by atoms with van der Waals surface area (Å²) in [4.78, 5) is 14.7. The molecule has 1 amide bonds. The second-order valence-corrected chi connectivity index (χ2v) is 7.00. The first-order valence-corrected chi connectivity index (χ1v) is 8.57. The Hall–Kier alpha value is -1.50. The molecule has 0 aromatic carbocycles. The van der Waals surface area contributed by atoms with Crippen molar-refractivity contribution >= 4 is 22.2 Å². The van der Waals surface area contributed by atoms with Crippen LogP contribution in [0, 0.1) is 0 Å². The molecule has 0 radical (unpaired) electrons. The van der Waals surface area contributed by atoms with Gasteiger partial charge in [0.25, 0.3) is 0 Å². The molecule has 6 nitrogen and oxygen atoms in total. The van der Waals surface area contributed by atoms with Gasteiger partial charge < -0.3 is 4.90 Å². The zero-order valence-electron chi connectivity index (χ0n) is 12.2. The van der Waals surface area contributed by atoms with Crippen molar-refractivity contribution < 1.29 is 4.79 Å². The number of rotatable bonds is 3. The highest BCUT2D eigenvalue weighted by Gasteiger charge is 2.33. The molecular weight excluding hydrogens is 286 g/mol. The molecule has 0 bridgehead atoms. The van der Waals surface area contributed by atoms with Crippen molar-refractivity contribution in [3.05, 3.63) is 10.8 Å². The molecule has 4 rings (SSSR count). The molecule has 21 heavy (non-hydrogen) atoms. The van der Waals surface area contributed by atoms with Crippen LogP contribution in [0.3, 0.4) is 0 Å². The monoisotopic (exact) mass is 305 g/mol. The number of fused-ring (bicyclic) bond motifs is 1. The van der Waals surface area contributed by atoms with E-state index in [1.54, 1.807) is 11.3 Å². The Morgan fingerprint density at radius 2 is 2.05 bits per heavy atom. The summed E-state index contributed by atoms with van der Waals surface area (Å²) in [6.45, 7) is 3.60. The quantitative estimate of drug-likeness (QED) is 0.872. The molecule has 2 fully saturated rings. The molecule has 2 aromatic rings. The fraction of sp³-hybridized carbons (Fsp3) is 0.714. The summed E-state index contributed by atoms with van der Waals surface area (Å²) in [5.74, 6) is 1.99. The van der Waals surface area contributed by atoms with E-state index in [4.69, 9.17) is 5.10 Å². The van der Waals surface area contributed by atoms with Crippen LogP contribution in [0.2, 0.25) is 0 Å². The number of carbonyl (C=O) groups excluding carboxylic acids is 1. The van der Waals surface area contributed by atoms with E-state index < -0.39 is 0 Å². The Morgan fingerprint density at radius 3 is 2.76 bits per heavy atom. The van der Waals surface area contributed by atoms with Crippen molar-refractivity contribution in [1.82, 2.24) is 24.7 Å². The minimum atomic E-state index is 0.223. The van der Waals surface area contributed by atoms with Gasteiger partial charge in [-0.25, -0.2) is 0 Å². The van der Waals surface area contributed by atoms with Gasteiger partial charge in [0.15, 0.2) is 5.82 Å². The van der Waals surface area contributed by atoms with E-state index in [0.29, 0.717) is 12.3 Å². The van der Waals surface area contributed by atoms with Gasteiger partial charge in [-0.15, -0.1) is 10.2 Å². The number of likely N-dealkylation sites (N-methyl/N-ethyl adjacent to an activating group) is 1. The zero-order chi connectivity index (χ0) is 14.4. The summed E-state index contributed by atoms with van der Waals surface area (Å²) in [5, 5.41) is 14.4. The lowest BCUT2D eigenvalue weighted by Gasteiger charge is -2.12. The van der Waals surface area contributed by atoms with Gasteiger partial charge in [-0.3, -0.25) is 4.79 Å². The lowest BCUT2D eigenvalue weighted by Crippen LogP contribution is -2.24. The first-order valence-electron chi connectivity index (χ1n) is 7.76. The highest BCUT2D eigenvalue weighted by Crippen LogP contribution is 2.35. The van der Waals surface area contributed by atoms with Gasteiger partial charge in [-0.05, 0) is 19.8 Å². The number of hydrogen-bond donors (Lipinski definition) is 0. The van der Waals surface area contributed by atoms with Gasteiger partial charge in [0.2, 0.25) is 10.9 Å². The molecule has 1 atom stereocenters. The van der Waals surface area contributed by atoms with Crippen LogP contribution in [0.1, 0.15) is 61.7 Å². The summed E-state index contributed by atoms with van der Waals surface area (Å²) in [6.07, 6.45) is 5.52. The van der Waals surface area contributed by atoms with Crippen LogP contribution >= 0.6 is 11.3 Å². The second kappa shape index (κ2) is 5.05. The molecule has 1 aliphatic heterocycles. The van der Waals surface area contributed by atoms with Crippen molar-refractivity contribution in [1.29, 1.82) is 0 Å². The number of amides is 1. The minimum absolute atomic E-state index is 0.223. The van der Waals surface area contributed by atoms with Gasteiger partial charge in [0.1, 0.15) is 5.01 Å². The number of carbonyl (C=O) groups is 1. The third-order valence-electron chi connectivity index (χ3n) is 4.70. The molecule has 0 spiro atoms. The summed E-state index contributed by atoms with van der Waals surface area (Å²) < 4.78 is 1.93. The standard InChI is InChI=1S/C14H19N5OS/c1-2-18-8-10(7-11(18)20)13-17-19-12(9-5-3-4-6-9)15-16-14(19)21-13/h9-10H,2-8H2,1H3/t10-/m0/s1. The molecule has 1 saturated heterocycles. The maximum atomic E-state index is 11.9. The van der Waals surface area contributed by atoms with E-state index in [1.165, 1.54) is 25.7 Å². The highest BCUT2D eigenvalue weighted by molar-refractivity contribution is 7.16. The molecule has 0 N–H and O–H groups in total.